The molecule has 0 aliphatic heterocycles. The Kier molecular flexibility index (Phi) is 2.39. The van der Waals surface area contributed by atoms with Crippen LogP contribution < -0.4 is 5.63 Å². The number of fused-ring (bicyclic) bond motifs is 3. The molecule has 0 aliphatic carbocycles. The third kappa shape index (κ3) is 1.38. The number of hydrogen-bond donors (Lipinski definition) is 0. The van der Waals surface area contributed by atoms with E-state index >= 15 is 0 Å². The number of hydrogen-bond acceptors (Lipinski definition) is 5. The van der Waals surface area contributed by atoms with E-state index in [1.165, 1.54) is 0 Å². The molecule has 0 fully saturated rings. The maximum atomic E-state index is 12.1. The van der Waals surface area contributed by atoms with E-state index in [4.69, 9.17) is 19.4 Å². The van der Waals surface area contributed by atoms with Crippen LogP contribution in [0.4, 0.5) is 0 Å². The minimum Gasteiger partial charge on any atom is -0.443 e. The molecule has 0 spiro atoms. The van der Waals surface area contributed by atoms with E-state index in [0.29, 0.717) is 11.0 Å². The summed E-state index contributed by atoms with van der Waals surface area (Å²) in [5, 5.41) is 18.8. The first-order chi connectivity index (χ1) is 9.58. The van der Waals surface area contributed by atoms with E-state index in [1.807, 2.05) is 32.0 Å². The molecule has 0 bridgehead atoms. The van der Waals surface area contributed by atoms with E-state index < -0.39 is 5.63 Å². The van der Waals surface area contributed by atoms with Crippen molar-refractivity contribution in [2.45, 2.75) is 13.8 Å². The van der Waals surface area contributed by atoms with Gasteiger partial charge >= 0.3 is 5.63 Å². The summed E-state index contributed by atoms with van der Waals surface area (Å²) < 4.78 is 10.7. The summed E-state index contributed by atoms with van der Waals surface area (Å²) in [6.45, 7) is 3.66. The van der Waals surface area contributed by atoms with Crippen LogP contribution >= 0.6 is 0 Å². The lowest BCUT2D eigenvalue weighted by Gasteiger charge is -2.03. The number of nitrogens with zero attached hydrogens (tertiary/aromatic N) is 2. The van der Waals surface area contributed by atoms with Gasteiger partial charge in [-0.25, -0.2) is 4.79 Å². The summed E-state index contributed by atoms with van der Waals surface area (Å²) in [5.41, 5.74) is 1.57. The number of nitriles is 2. The molecule has 2 heterocycles. The Labute approximate surface area is 113 Å². The molecule has 2 aromatic heterocycles. The van der Waals surface area contributed by atoms with Crippen LogP contribution in [0.25, 0.3) is 21.9 Å². The SMILES string of the molecule is Cc1ccc(C)c2c1oc(=O)c1c(C#N)c(C#N)oc12. The van der Waals surface area contributed by atoms with E-state index in [2.05, 4.69) is 0 Å². The Bertz CT molecular complexity index is 1010. The smallest absolute Gasteiger partial charge is 0.348 e. The highest BCUT2D eigenvalue weighted by molar-refractivity contribution is 6.05. The molecule has 3 rings (SSSR count). The second-order valence-corrected chi connectivity index (χ2v) is 4.53. The first-order valence-corrected chi connectivity index (χ1v) is 5.88. The van der Waals surface area contributed by atoms with Crippen molar-refractivity contribution in [3.05, 3.63) is 45.0 Å². The molecular weight excluding hydrogens is 256 g/mol. The molecule has 96 valence electrons. The average Bonchev–Trinajstić information content (AvgIpc) is 2.82. The van der Waals surface area contributed by atoms with Crippen LogP contribution in [0.15, 0.2) is 25.8 Å². The Balaban J connectivity index is 2.74. The van der Waals surface area contributed by atoms with E-state index in [1.54, 1.807) is 6.07 Å². The van der Waals surface area contributed by atoms with Gasteiger partial charge in [-0.05, 0) is 25.0 Å². The third-order valence-electron chi connectivity index (χ3n) is 3.31. The summed E-state index contributed by atoms with van der Waals surface area (Å²) >= 11 is 0. The molecular formula is C15H8N2O3. The molecule has 0 unspecified atom stereocenters. The van der Waals surface area contributed by atoms with Crippen LogP contribution in [0, 0.1) is 36.5 Å². The summed E-state index contributed by atoms with van der Waals surface area (Å²) in [6, 6.07) is 7.34. The lowest BCUT2D eigenvalue weighted by Crippen LogP contribution is -2.01. The first-order valence-electron chi connectivity index (χ1n) is 5.88. The van der Waals surface area contributed by atoms with Gasteiger partial charge in [-0.15, -0.1) is 0 Å². The quantitative estimate of drug-likeness (QED) is 0.582. The predicted molar refractivity (Wildman–Crippen MR) is 71.2 cm³/mol. The van der Waals surface area contributed by atoms with Gasteiger partial charge in [0, 0.05) is 0 Å². The number of rotatable bonds is 0. The van der Waals surface area contributed by atoms with Crippen molar-refractivity contribution in [1.29, 1.82) is 10.5 Å². The van der Waals surface area contributed by atoms with Crippen LogP contribution in [0.5, 0.6) is 0 Å². The normalized spacial score (nSPS) is 10.6. The van der Waals surface area contributed by atoms with Crippen molar-refractivity contribution >= 4 is 21.9 Å². The van der Waals surface area contributed by atoms with Gasteiger partial charge in [-0.3, -0.25) is 0 Å². The van der Waals surface area contributed by atoms with Gasteiger partial charge in [-0.1, -0.05) is 12.1 Å². The standard InChI is InChI=1S/C15H8N2O3/c1-7-3-4-8(2)13-11(7)14-12(15(18)20-13)9(5-16)10(6-17)19-14/h3-4H,1-2H3. The molecule has 3 aromatic rings. The highest BCUT2D eigenvalue weighted by atomic mass is 16.4. The number of furan rings is 1. The fraction of sp³-hybridized carbons (Fsp3) is 0.133. The molecule has 0 atom stereocenters. The van der Waals surface area contributed by atoms with Gasteiger partial charge in [0.2, 0.25) is 5.76 Å². The average molecular weight is 264 g/mol. The fourth-order valence-corrected chi connectivity index (χ4v) is 2.33. The van der Waals surface area contributed by atoms with Gasteiger partial charge in [0.1, 0.15) is 28.7 Å². The van der Waals surface area contributed by atoms with Gasteiger partial charge in [-0.2, -0.15) is 10.5 Å². The predicted octanol–water partition coefficient (Wildman–Crippen LogP) is 2.90. The minimum absolute atomic E-state index is 0.0326. The molecule has 1 aromatic carbocycles. The monoisotopic (exact) mass is 264 g/mol. The molecule has 0 saturated carbocycles. The highest BCUT2D eigenvalue weighted by Crippen LogP contribution is 2.32. The summed E-state index contributed by atoms with van der Waals surface area (Å²) in [5.74, 6) is -0.164. The zero-order chi connectivity index (χ0) is 14.4. The van der Waals surface area contributed by atoms with Crippen LogP contribution in [0.3, 0.4) is 0 Å². The zero-order valence-electron chi connectivity index (χ0n) is 10.8. The molecule has 0 saturated heterocycles. The second kappa shape index (κ2) is 3.97. The van der Waals surface area contributed by atoms with Crippen LogP contribution in [0.1, 0.15) is 22.5 Å². The maximum Gasteiger partial charge on any atom is 0.348 e. The molecule has 0 radical (unpaired) electrons. The Morgan fingerprint density at radius 1 is 0.950 bits per heavy atom. The van der Waals surface area contributed by atoms with E-state index in [0.717, 1.165) is 11.1 Å². The number of aryl methyl sites for hydroxylation is 2. The Morgan fingerprint density at radius 3 is 2.30 bits per heavy atom. The van der Waals surface area contributed by atoms with E-state index in [9.17, 15) is 4.79 Å². The summed E-state index contributed by atoms with van der Waals surface area (Å²) in [6.07, 6.45) is 0. The van der Waals surface area contributed by atoms with Crippen LogP contribution in [-0.4, -0.2) is 0 Å². The zero-order valence-corrected chi connectivity index (χ0v) is 10.8. The van der Waals surface area contributed by atoms with Crippen molar-refractivity contribution in [2.24, 2.45) is 0 Å². The Hall–Kier alpha value is -3.05. The topological polar surface area (TPSA) is 90.9 Å². The summed E-state index contributed by atoms with van der Waals surface area (Å²) in [4.78, 5) is 12.1. The van der Waals surface area contributed by atoms with Gasteiger partial charge in [0.25, 0.3) is 0 Å². The van der Waals surface area contributed by atoms with Gasteiger partial charge in [0.15, 0.2) is 5.58 Å². The van der Waals surface area contributed by atoms with Crippen LogP contribution in [0.2, 0.25) is 0 Å². The maximum absolute atomic E-state index is 12.1. The molecule has 0 N–H and O–H groups in total. The fourth-order valence-electron chi connectivity index (χ4n) is 2.33. The van der Waals surface area contributed by atoms with Gasteiger partial charge < -0.3 is 8.83 Å². The van der Waals surface area contributed by atoms with Gasteiger partial charge in [0.05, 0.1) is 5.39 Å². The largest absolute Gasteiger partial charge is 0.443 e. The van der Waals surface area contributed by atoms with Crippen molar-refractivity contribution in [3.8, 4) is 12.1 Å². The van der Waals surface area contributed by atoms with Crippen LogP contribution in [-0.2, 0) is 0 Å². The van der Waals surface area contributed by atoms with E-state index in [-0.39, 0.29) is 22.3 Å². The lowest BCUT2D eigenvalue weighted by atomic mass is 10.0. The van der Waals surface area contributed by atoms with Crippen molar-refractivity contribution in [2.75, 3.05) is 0 Å². The molecule has 5 heteroatoms. The number of benzene rings is 1. The van der Waals surface area contributed by atoms with Crippen molar-refractivity contribution < 1.29 is 8.83 Å². The highest BCUT2D eigenvalue weighted by Gasteiger charge is 2.22. The molecule has 0 amide bonds. The second-order valence-electron chi connectivity index (χ2n) is 4.53. The van der Waals surface area contributed by atoms with Crippen molar-refractivity contribution in [3.63, 3.8) is 0 Å². The minimum atomic E-state index is -0.664. The Morgan fingerprint density at radius 2 is 1.65 bits per heavy atom. The molecule has 20 heavy (non-hydrogen) atoms. The molecule has 5 nitrogen and oxygen atoms in total. The summed E-state index contributed by atoms with van der Waals surface area (Å²) in [7, 11) is 0. The first kappa shape index (κ1) is 12.0. The lowest BCUT2D eigenvalue weighted by molar-refractivity contribution is 0.561. The molecule has 0 aliphatic rings. The third-order valence-corrected chi connectivity index (χ3v) is 3.31. The van der Waals surface area contributed by atoms with Crippen molar-refractivity contribution in [1.82, 2.24) is 0 Å².